The largest absolute Gasteiger partial charge is 0.299 e. The monoisotopic (exact) mass is 137 g/mol. The highest BCUT2D eigenvalue weighted by Crippen LogP contribution is 1.83. The Balaban J connectivity index is 3.46. The van der Waals surface area contributed by atoms with Gasteiger partial charge in [-0.05, 0) is 0 Å². The molecular weight excluding hydrogens is 130 g/mol. The van der Waals surface area contributed by atoms with Gasteiger partial charge < -0.3 is 0 Å². The molecule has 0 aromatic rings. The lowest BCUT2D eigenvalue weighted by atomic mass is 10.7. The molecule has 0 heterocycles. The number of rotatable bonds is 3. The standard InChI is InChI=1S/C3H7NO3S/c1-2-3-4(5)8(6)7/h2,5H,1,3H2,(H,6,7). The van der Waals surface area contributed by atoms with Crippen LogP contribution < -0.4 is 0 Å². The summed E-state index contributed by atoms with van der Waals surface area (Å²) in [5.41, 5.74) is 0. The number of nitrogens with zero attached hydrogens (tertiary/aromatic N) is 1. The molecule has 0 bridgehead atoms. The Labute approximate surface area is 49.8 Å². The third kappa shape index (κ3) is 2.86. The average Bonchev–Trinajstić information content (AvgIpc) is 1.67. The second-order valence-corrected chi connectivity index (χ2v) is 1.94. The lowest BCUT2D eigenvalue weighted by molar-refractivity contribution is 0.0135. The van der Waals surface area contributed by atoms with Crippen LogP contribution in [0.2, 0.25) is 0 Å². The summed E-state index contributed by atoms with van der Waals surface area (Å²) in [5.74, 6) is 0. The fourth-order valence-electron chi connectivity index (χ4n) is 0.174. The van der Waals surface area contributed by atoms with Crippen molar-refractivity contribution in [3.05, 3.63) is 12.7 Å². The highest BCUT2D eigenvalue weighted by atomic mass is 32.2. The topological polar surface area (TPSA) is 60.8 Å². The first-order valence-electron chi connectivity index (χ1n) is 1.86. The molecule has 5 heteroatoms. The van der Waals surface area contributed by atoms with E-state index in [0.717, 1.165) is 0 Å². The number of hydrogen-bond donors (Lipinski definition) is 2. The highest BCUT2D eigenvalue weighted by Gasteiger charge is 2.00. The van der Waals surface area contributed by atoms with Crippen molar-refractivity contribution in [1.82, 2.24) is 4.47 Å². The maximum atomic E-state index is 9.83. The second kappa shape index (κ2) is 3.73. The number of hydroxylamine groups is 1. The van der Waals surface area contributed by atoms with Crippen LogP contribution >= 0.6 is 0 Å². The average molecular weight is 137 g/mol. The van der Waals surface area contributed by atoms with Crippen LogP contribution in [0, 0.1) is 0 Å². The maximum Gasteiger partial charge on any atom is 0.259 e. The van der Waals surface area contributed by atoms with Crippen molar-refractivity contribution in [3.63, 3.8) is 0 Å². The van der Waals surface area contributed by atoms with Crippen LogP contribution in [-0.4, -0.2) is 25.0 Å². The predicted molar refractivity (Wildman–Crippen MR) is 29.5 cm³/mol. The van der Waals surface area contributed by atoms with Crippen molar-refractivity contribution in [3.8, 4) is 0 Å². The molecule has 0 rings (SSSR count). The molecule has 0 aliphatic heterocycles. The van der Waals surface area contributed by atoms with Gasteiger partial charge in [0.1, 0.15) is 0 Å². The van der Waals surface area contributed by atoms with Crippen molar-refractivity contribution in [2.24, 2.45) is 0 Å². The molecule has 0 aromatic heterocycles. The Kier molecular flexibility index (Phi) is 3.63. The zero-order valence-corrected chi connectivity index (χ0v) is 4.97. The summed E-state index contributed by atoms with van der Waals surface area (Å²) in [6, 6.07) is 0. The van der Waals surface area contributed by atoms with E-state index >= 15 is 0 Å². The molecule has 0 saturated carbocycles. The molecule has 4 nitrogen and oxygen atoms in total. The molecule has 2 N–H and O–H groups in total. The van der Waals surface area contributed by atoms with E-state index in [1.54, 1.807) is 0 Å². The molecule has 0 aliphatic carbocycles. The zero-order chi connectivity index (χ0) is 6.57. The molecule has 0 saturated heterocycles. The summed E-state index contributed by atoms with van der Waals surface area (Å²) < 4.78 is 18.1. The molecule has 1 atom stereocenters. The third-order valence-electron chi connectivity index (χ3n) is 0.466. The number of hydrogen-bond acceptors (Lipinski definition) is 2. The zero-order valence-electron chi connectivity index (χ0n) is 4.15. The molecule has 0 amide bonds. The van der Waals surface area contributed by atoms with Crippen molar-refractivity contribution in [2.45, 2.75) is 0 Å². The van der Waals surface area contributed by atoms with Crippen molar-refractivity contribution < 1.29 is 14.0 Å². The van der Waals surface area contributed by atoms with Gasteiger partial charge in [0.15, 0.2) is 0 Å². The fourth-order valence-corrected chi connectivity index (χ4v) is 0.407. The summed E-state index contributed by atoms with van der Waals surface area (Å²) in [6.07, 6.45) is 1.31. The Hall–Kier alpha value is -0.230. The fraction of sp³-hybridized carbons (Fsp3) is 0.333. The van der Waals surface area contributed by atoms with E-state index in [4.69, 9.17) is 9.76 Å². The van der Waals surface area contributed by atoms with E-state index < -0.39 is 11.3 Å². The maximum absolute atomic E-state index is 9.83. The van der Waals surface area contributed by atoms with Gasteiger partial charge >= 0.3 is 0 Å². The highest BCUT2D eigenvalue weighted by molar-refractivity contribution is 7.76. The predicted octanol–water partition coefficient (Wildman–Crippen LogP) is 0.000300. The molecule has 0 aromatic carbocycles. The van der Waals surface area contributed by atoms with Crippen LogP contribution in [0.15, 0.2) is 12.7 Å². The van der Waals surface area contributed by atoms with Crippen LogP contribution in [0.1, 0.15) is 0 Å². The first-order chi connectivity index (χ1) is 3.68. The van der Waals surface area contributed by atoms with Gasteiger partial charge in [0.25, 0.3) is 11.3 Å². The van der Waals surface area contributed by atoms with Gasteiger partial charge in [0, 0.05) is 0 Å². The second-order valence-electron chi connectivity index (χ2n) is 1.05. The van der Waals surface area contributed by atoms with Gasteiger partial charge in [-0.1, -0.05) is 10.5 Å². The quantitative estimate of drug-likeness (QED) is 0.327. The van der Waals surface area contributed by atoms with Crippen molar-refractivity contribution in [2.75, 3.05) is 6.54 Å². The molecule has 1 unspecified atom stereocenters. The molecule has 0 fully saturated rings. The van der Waals surface area contributed by atoms with Crippen LogP contribution in [0.5, 0.6) is 0 Å². The van der Waals surface area contributed by atoms with Gasteiger partial charge in [0.2, 0.25) is 0 Å². The van der Waals surface area contributed by atoms with Gasteiger partial charge in [0.05, 0.1) is 6.54 Å². The first kappa shape index (κ1) is 7.77. The summed E-state index contributed by atoms with van der Waals surface area (Å²) in [5, 5.41) is 8.34. The minimum atomic E-state index is -2.29. The Morgan fingerprint density at radius 2 is 2.38 bits per heavy atom. The van der Waals surface area contributed by atoms with Crippen LogP contribution in [0.3, 0.4) is 0 Å². The van der Waals surface area contributed by atoms with Gasteiger partial charge in [-0.3, -0.25) is 9.76 Å². The van der Waals surface area contributed by atoms with Crippen LogP contribution in [0.25, 0.3) is 0 Å². The molecular formula is C3H7NO3S. The van der Waals surface area contributed by atoms with E-state index in [0.29, 0.717) is 0 Å². The lowest BCUT2D eigenvalue weighted by Gasteiger charge is -2.03. The van der Waals surface area contributed by atoms with Crippen molar-refractivity contribution in [1.29, 1.82) is 0 Å². The Morgan fingerprint density at radius 3 is 2.50 bits per heavy atom. The molecule has 0 spiro atoms. The van der Waals surface area contributed by atoms with E-state index in [9.17, 15) is 4.21 Å². The Bertz CT molecular complexity index is 105. The molecule has 48 valence electrons. The summed E-state index contributed by atoms with van der Waals surface area (Å²) in [7, 11) is 0. The van der Waals surface area contributed by atoms with E-state index in [1.165, 1.54) is 6.08 Å². The molecule has 8 heavy (non-hydrogen) atoms. The van der Waals surface area contributed by atoms with Gasteiger partial charge in [-0.15, -0.1) is 6.58 Å². The lowest BCUT2D eigenvalue weighted by Crippen LogP contribution is -2.20. The molecule has 0 aliphatic rings. The summed E-state index contributed by atoms with van der Waals surface area (Å²) in [6.45, 7) is 3.23. The minimum Gasteiger partial charge on any atom is -0.299 e. The third-order valence-corrected chi connectivity index (χ3v) is 0.975. The van der Waals surface area contributed by atoms with E-state index in [1.807, 2.05) is 0 Å². The van der Waals surface area contributed by atoms with Gasteiger partial charge in [-0.25, -0.2) is 4.21 Å². The summed E-state index contributed by atoms with van der Waals surface area (Å²) >= 11 is -2.29. The molecule has 0 radical (unpaired) electrons. The van der Waals surface area contributed by atoms with Gasteiger partial charge in [-0.2, -0.15) is 0 Å². The van der Waals surface area contributed by atoms with E-state index in [-0.39, 0.29) is 11.0 Å². The van der Waals surface area contributed by atoms with Crippen LogP contribution in [0.4, 0.5) is 0 Å². The van der Waals surface area contributed by atoms with Crippen LogP contribution in [-0.2, 0) is 11.3 Å². The summed E-state index contributed by atoms with van der Waals surface area (Å²) in [4.78, 5) is 0. The SMILES string of the molecule is C=CCN(O)S(=O)O. The van der Waals surface area contributed by atoms with E-state index in [2.05, 4.69) is 6.58 Å². The normalized spacial score (nSPS) is 13.9. The Morgan fingerprint density at radius 1 is 1.88 bits per heavy atom. The minimum absolute atomic E-state index is 0.0108. The first-order valence-corrected chi connectivity index (χ1v) is 2.93. The smallest absolute Gasteiger partial charge is 0.259 e. The van der Waals surface area contributed by atoms with Crippen molar-refractivity contribution >= 4 is 11.3 Å².